The Kier molecular flexibility index (Phi) is 3.08. The van der Waals surface area contributed by atoms with E-state index in [0.717, 1.165) is 17.9 Å². The van der Waals surface area contributed by atoms with E-state index in [1.807, 2.05) is 0 Å². The molecule has 1 aliphatic heterocycles. The molecule has 0 aliphatic carbocycles. The minimum Gasteiger partial charge on any atom is -0.195 e. The molecule has 1 saturated heterocycles. The van der Waals surface area contributed by atoms with Crippen LogP contribution < -0.4 is 0 Å². The number of hydrogen-bond acceptors (Lipinski definition) is 3. The molecule has 1 unspecified atom stereocenters. The lowest BCUT2D eigenvalue weighted by Gasteiger charge is -2.18. The van der Waals surface area contributed by atoms with E-state index in [2.05, 4.69) is 0 Å². The maximum Gasteiger partial charge on any atom is 0.299 e. The van der Waals surface area contributed by atoms with Crippen LogP contribution in [0.3, 0.4) is 0 Å². The molecule has 0 aromatic heterocycles. The van der Waals surface area contributed by atoms with Crippen LogP contribution in [0.25, 0.3) is 0 Å². The Morgan fingerprint density at radius 2 is 2.27 bits per heavy atom. The van der Waals surface area contributed by atoms with Crippen molar-refractivity contribution < 1.29 is 8.42 Å². The summed E-state index contributed by atoms with van der Waals surface area (Å²) in [4.78, 5) is 0. The van der Waals surface area contributed by atoms with Crippen molar-refractivity contribution in [3.8, 4) is 0 Å². The van der Waals surface area contributed by atoms with Crippen molar-refractivity contribution in [2.45, 2.75) is 12.5 Å². The first-order valence-corrected chi connectivity index (χ1v) is 6.69. The Morgan fingerprint density at radius 1 is 1.64 bits per heavy atom. The monoisotopic (exact) mass is 215 g/mol. The van der Waals surface area contributed by atoms with Gasteiger partial charge in [0.2, 0.25) is 0 Å². The van der Waals surface area contributed by atoms with Gasteiger partial charge in [-0.15, -0.1) is 0 Å². The minimum absolute atomic E-state index is 0.0995. The van der Waals surface area contributed by atoms with E-state index in [4.69, 9.17) is 10.7 Å². The fraction of sp³-hybridized carbons (Fsp3) is 1.00. The van der Waals surface area contributed by atoms with Gasteiger partial charge >= 0.3 is 0 Å². The molecule has 1 atom stereocenters. The van der Waals surface area contributed by atoms with E-state index in [9.17, 15) is 8.42 Å². The van der Waals surface area contributed by atoms with E-state index in [-0.39, 0.29) is 6.04 Å². The molecule has 1 heterocycles. The Morgan fingerprint density at radius 3 is 2.64 bits per heavy atom. The van der Waals surface area contributed by atoms with E-state index >= 15 is 0 Å². The van der Waals surface area contributed by atoms with Crippen LogP contribution in [-0.2, 0) is 9.24 Å². The van der Waals surface area contributed by atoms with Gasteiger partial charge in [0.05, 0.1) is 0 Å². The first kappa shape index (κ1) is 9.64. The molecule has 1 rings (SSSR count). The summed E-state index contributed by atoms with van der Waals surface area (Å²) in [5, 5.41) is 0. The molecule has 66 valence electrons. The van der Waals surface area contributed by atoms with E-state index in [1.165, 1.54) is 11.4 Å². The van der Waals surface area contributed by atoms with Crippen molar-refractivity contribution >= 4 is 31.7 Å². The fourth-order valence-electron chi connectivity index (χ4n) is 0.987. The van der Waals surface area contributed by atoms with Crippen molar-refractivity contribution in [3.05, 3.63) is 0 Å². The summed E-state index contributed by atoms with van der Waals surface area (Å²) in [6.45, 7) is 0. The molecule has 0 radical (unpaired) electrons. The largest absolute Gasteiger partial charge is 0.299 e. The van der Waals surface area contributed by atoms with E-state index in [1.54, 1.807) is 11.8 Å². The molecular formula is C5H10ClNO2S2. The maximum absolute atomic E-state index is 10.8. The Labute approximate surface area is 75.6 Å². The number of hydrogen-bond donors (Lipinski definition) is 0. The average Bonchev–Trinajstić information content (AvgIpc) is 2.34. The number of nitrogens with zero attached hydrogens (tertiary/aromatic N) is 1. The second kappa shape index (κ2) is 3.51. The van der Waals surface area contributed by atoms with Crippen LogP contribution in [0.1, 0.15) is 6.42 Å². The van der Waals surface area contributed by atoms with Crippen LogP contribution in [0, 0.1) is 0 Å². The lowest BCUT2D eigenvalue weighted by molar-refractivity contribution is 0.404. The van der Waals surface area contributed by atoms with E-state index in [0.29, 0.717) is 0 Å². The highest BCUT2D eigenvalue weighted by Crippen LogP contribution is 2.24. The van der Waals surface area contributed by atoms with Gasteiger partial charge in [-0.2, -0.15) is 24.5 Å². The predicted octanol–water partition coefficient (Wildman–Crippen LogP) is 0.907. The summed E-state index contributed by atoms with van der Waals surface area (Å²) in [6.07, 6.45) is 0.910. The van der Waals surface area contributed by atoms with Crippen LogP contribution in [-0.4, -0.2) is 37.3 Å². The highest BCUT2D eigenvalue weighted by molar-refractivity contribution is 8.11. The zero-order valence-corrected chi connectivity index (χ0v) is 8.55. The topological polar surface area (TPSA) is 37.4 Å². The Balaban J connectivity index is 2.60. The predicted molar refractivity (Wildman–Crippen MR) is 48.3 cm³/mol. The van der Waals surface area contributed by atoms with Crippen molar-refractivity contribution in [1.29, 1.82) is 0 Å². The average molecular weight is 216 g/mol. The van der Waals surface area contributed by atoms with Crippen LogP contribution in [0.15, 0.2) is 0 Å². The van der Waals surface area contributed by atoms with E-state index < -0.39 is 9.24 Å². The molecule has 0 bridgehead atoms. The molecule has 11 heavy (non-hydrogen) atoms. The molecule has 6 heteroatoms. The molecule has 0 spiro atoms. The zero-order valence-electron chi connectivity index (χ0n) is 6.16. The van der Waals surface area contributed by atoms with Gasteiger partial charge in [0, 0.05) is 29.5 Å². The number of rotatable bonds is 2. The van der Waals surface area contributed by atoms with Crippen LogP contribution >= 0.6 is 22.4 Å². The van der Waals surface area contributed by atoms with Crippen molar-refractivity contribution in [2.75, 3.05) is 18.6 Å². The summed E-state index contributed by atoms with van der Waals surface area (Å²) >= 11 is 1.76. The lowest BCUT2D eigenvalue weighted by Crippen LogP contribution is -2.33. The van der Waals surface area contributed by atoms with Crippen molar-refractivity contribution in [3.63, 3.8) is 0 Å². The third kappa shape index (κ3) is 2.50. The summed E-state index contributed by atoms with van der Waals surface area (Å²) in [7, 11) is 3.19. The second-order valence-electron chi connectivity index (χ2n) is 2.48. The molecule has 0 amide bonds. The minimum atomic E-state index is -3.49. The summed E-state index contributed by atoms with van der Waals surface area (Å²) in [5.74, 6) is 1.89. The standard InChI is InChI=1S/C5H10ClNO2S2/c1-7(11(6,8)9)5-2-3-10-4-5/h5H,2-4H2,1H3. The summed E-state index contributed by atoms with van der Waals surface area (Å²) < 4.78 is 22.8. The maximum atomic E-state index is 10.8. The normalized spacial score (nSPS) is 26.3. The van der Waals surface area contributed by atoms with Crippen molar-refractivity contribution in [1.82, 2.24) is 4.31 Å². The van der Waals surface area contributed by atoms with Crippen LogP contribution in [0.2, 0.25) is 0 Å². The molecule has 0 saturated carbocycles. The molecule has 0 aromatic rings. The molecule has 0 aromatic carbocycles. The van der Waals surface area contributed by atoms with Gasteiger partial charge in [-0.25, -0.2) is 0 Å². The Bertz CT molecular complexity index is 223. The lowest BCUT2D eigenvalue weighted by atomic mass is 10.3. The Hall–Kier alpha value is 0.550. The summed E-state index contributed by atoms with van der Waals surface area (Å²) in [5.41, 5.74) is 0. The zero-order chi connectivity index (χ0) is 8.48. The highest BCUT2D eigenvalue weighted by Gasteiger charge is 2.27. The fourth-order valence-corrected chi connectivity index (χ4v) is 3.22. The third-order valence-corrected chi connectivity index (χ3v) is 4.55. The van der Waals surface area contributed by atoms with Gasteiger partial charge in [-0.1, -0.05) is 0 Å². The molecule has 0 N–H and O–H groups in total. The van der Waals surface area contributed by atoms with Gasteiger partial charge < -0.3 is 0 Å². The smallest absolute Gasteiger partial charge is 0.195 e. The van der Waals surface area contributed by atoms with Crippen LogP contribution in [0.4, 0.5) is 0 Å². The first-order valence-electron chi connectivity index (χ1n) is 3.27. The molecule has 1 aliphatic rings. The second-order valence-corrected chi connectivity index (χ2v) is 6.20. The summed E-state index contributed by atoms with van der Waals surface area (Å²) in [6, 6.07) is 0.0995. The highest BCUT2D eigenvalue weighted by atomic mass is 35.7. The number of halogens is 1. The molecule has 3 nitrogen and oxygen atoms in total. The molecular weight excluding hydrogens is 206 g/mol. The third-order valence-electron chi connectivity index (χ3n) is 1.76. The van der Waals surface area contributed by atoms with Gasteiger partial charge in [0.1, 0.15) is 0 Å². The van der Waals surface area contributed by atoms with Crippen molar-refractivity contribution in [2.24, 2.45) is 0 Å². The van der Waals surface area contributed by atoms with Gasteiger partial charge in [-0.05, 0) is 12.2 Å². The van der Waals surface area contributed by atoms with Gasteiger partial charge in [0.15, 0.2) is 0 Å². The molecule has 1 fully saturated rings. The quantitative estimate of drug-likeness (QED) is 0.643. The van der Waals surface area contributed by atoms with Crippen LogP contribution in [0.5, 0.6) is 0 Å². The number of thioether (sulfide) groups is 1. The SMILES string of the molecule is CN(C1CCSC1)S(=O)(=O)Cl. The first-order chi connectivity index (χ1) is 5.02. The van der Waals surface area contributed by atoms with Gasteiger partial charge in [-0.3, -0.25) is 0 Å². The van der Waals surface area contributed by atoms with Gasteiger partial charge in [0.25, 0.3) is 9.24 Å².